The number of unbranched alkanes of at least 4 members (excludes halogenated alkanes) is 1. The molecule has 0 amide bonds. The fourth-order valence-electron chi connectivity index (χ4n) is 2.53. The molecular weight excluding hydrogens is 208 g/mol. The molecule has 1 aliphatic carbocycles. The van der Waals surface area contributed by atoms with E-state index < -0.39 is 0 Å². The smallest absolute Gasteiger partial charge is 0.0246 e. The SMILES string of the molecule is CCCCN(C1CC1)C(CNCCC)C(C)C. The molecule has 0 heterocycles. The van der Waals surface area contributed by atoms with Gasteiger partial charge in [0, 0.05) is 18.6 Å². The predicted octanol–water partition coefficient (Wildman–Crippen LogP) is 3.28. The largest absolute Gasteiger partial charge is 0.315 e. The zero-order valence-corrected chi connectivity index (χ0v) is 12.3. The first kappa shape index (κ1) is 15.0. The van der Waals surface area contributed by atoms with Crippen molar-refractivity contribution >= 4 is 0 Å². The summed E-state index contributed by atoms with van der Waals surface area (Å²) in [5, 5.41) is 3.61. The molecule has 0 aromatic carbocycles. The highest BCUT2D eigenvalue weighted by Gasteiger charge is 2.34. The Morgan fingerprint density at radius 3 is 2.35 bits per heavy atom. The third kappa shape index (κ3) is 5.39. The van der Waals surface area contributed by atoms with Gasteiger partial charge in [0.05, 0.1) is 0 Å². The molecule has 102 valence electrons. The van der Waals surface area contributed by atoms with Gasteiger partial charge in [0.2, 0.25) is 0 Å². The number of nitrogens with one attached hydrogen (secondary N) is 1. The molecule has 0 aromatic rings. The molecular formula is C15H32N2. The summed E-state index contributed by atoms with van der Waals surface area (Å²) in [5.41, 5.74) is 0. The first-order valence-electron chi connectivity index (χ1n) is 7.67. The van der Waals surface area contributed by atoms with E-state index in [4.69, 9.17) is 0 Å². The van der Waals surface area contributed by atoms with Crippen molar-refractivity contribution in [3.8, 4) is 0 Å². The van der Waals surface area contributed by atoms with Crippen LogP contribution in [0.3, 0.4) is 0 Å². The van der Waals surface area contributed by atoms with Gasteiger partial charge in [-0.1, -0.05) is 34.1 Å². The second-order valence-electron chi connectivity index (χ2n) is 5.84. The summed E-state index contributed by atoms with van der Waals surface area (Å²) in [5.74, 6) is 0.761. The lowest BCUT2D eigenvalue weighted by Crippen LogP contribution is -2.47. The zero-order chi connectivity index (χ0) is 12.7. The number of hydrogen-bond acceptors (Lipinski definition) is 2. The molecule has 1 N–H and O–H groups in total. The van der Waals surface area contributed by atoms with Gasteiger partial charge in [0.15, 0.2) is 0 Å². The molecule has 0 aliphatic heterocycles. The van der Waals surface area contributed by atoms with Crippen LogP contribution >= 0.6 is 0 Å². The molecule has 0 radical (unpaired) electrons. The maximum atomic E-state index is 3.61. The second kappa shape index (κ2) is 8.10. The van der Waals surface area contributed by atoms with Crippen LogP contribution in [0, 0.1) is 5.92 Å². The summed E-state index contributed by atoms with van der Waals surface area (Å²) < 4.78 is 0. The average molecular weight is 240 g/mol. The highest BCUT2D eigenvalue weighted by Crippen LogP contribution is 2.30. The third-order valence-electron chi connectivity index (χ3n) is 3.76. The van der Waals surface area contributed by atoms with Gasteiger partial charge in [-0.2, -0.15) is 0 Å². The normalized spacial score (nSPS) is 18.0. The summed E-state index contributed by atoms with van der Waals surface area (Å²) in [6.07, 6.45) is 6.77. The first-order chi connectivity index (χ1) is 8.20. The van der Waals surface area contributed by atoms with Crippen LogP contribution in [-0.4, -0.2) is 36.6 Å². The summed E-state index contributed by atoms with van der Waals surface area (Å²) in [4.78, 5) is 2.79. The molecule has 2 nitrogen and oxygen atoms in total. The van der Waals surface area contributed by atoms with Crippen LogP contribution in [-0.2, 0) is 0 Å². The highest BCUT2D eigenvalue weighted by atomic mass is 15.2. The number of rotatable bonds is 10. The molecule has 1 aliphatic rings. The Kier molecular flexibility index (Phi) is 7.14. The predicted molar refractivity (Wildman–Crippen MR) is 76.4 cm³/mol. The van der Waals surface area contributed by atoms with Crippen LogP contribution in [0.15, 0.2) is 0 Å². The monoisotopic (exact) mass is 240 g/mol. The van der Waals surface area contributed by atoms with Gasteiger partial charge in [0.1, 0.15) is 0 Å². The summed E-state index contributed by atoms with van der Waals surface area (Å²) in [7, 11) is 0. The van der Waals surface area contributed by atoms with E-state index in [0.717, 1.165) is 24.5 Å². The second-order valence-corrected chi connectivity index (χ2v) is 5.84. The molecule has 0 aromatic heterocycles. The molecule has 1 rings (SSSR count). The third-order valence-corrected chi connectivity index (χ3v) is 3.76. The van der Waals surface area contributed by atoms with E-state index in [-0.39, 0.29) is 0 Å². The summed E-state index contributed by atoms with van der Waals surface area (Å²) in [6, 6.07) is 1.64. The number of nitrogens with zero attached hydrogens (tertiary/aromatic N) is 1. The summed E-state index contributed by atoms with van der Waals surface area (Å²) in [6.45, 7) is 12.9. The Morgan fingerprint density at radius 1 is 1.18 bits per heavy atom. The zero-order valence-electron chi connectivity index (χ0n) is 12.3. The molecule has 1 fully saturated rings. The van der Waals surface area contributed by atoms with Crippen molar-refractivity contribution in [1.29, 1.82) is 0 Å². The van der Waals surface area contributed by atoms with Crippen LogP contribution in [0.5, 0.6) is 0 Å². The molecule has 1 unspecified atom stereocenters. The Bertz CT molecular complexity index is 187. The summed E-state index contributed by atoms with van der Waals surface area (Å²) >= 11 is 0. The highest BCUT2D eigenvalue weighted by molar-refractivity contribution is 4.90. The molecule has 0 spiro atoms. The van der Waals surface area contributed by atoms with Gasteiger partial charge in [-0.05, 0) is 44.7 Å². The van der Waals surface area contributed by atoms with Crippen LogP contribution in [0.25, 0.3) is 0 Å². The fourth-order valence-corrected chi connectivity index (χ4v) is 2.53. The maximum absolute atomic E-state index is 3.61. The minimum absolute atomic E-state index is 0.737. The molecule has 2 heteroatoms. The van der Waals surface area contributed by atoms with Crippen LogP contribution in [0.4, 0.5) is 0 Å². The minimum Gasteiger partial charge on any atom is -0.315 e. The minimum atomic E-state index is 0.737. The lowest BCUT2D eigenvalue weighted by atomic mass is 10.0. The first-order valence-corrected chi connectivity index (χ1v) is 7.67. The van der Waals surface area contributed by atoms with Crippen molar-refractivity contribution < 1.29 is 0 Å². The standard InChI is InChI=1S/C15H32N2/c1-5-7-11-17(14-8-9-14)15(13(3)4)12-16-10-6-2/h13-16H,5-12H2,1-4H3. The van der Waals surface area contributed by atoms with Gasteiger partial charge in [-0.25, -0.2) is 0 Å². The van der Waals surface area contributed by atoms with Gasteiger partial charge in [-0.3, -0.25) is 4.90 Å². The Labute approximate surface area is 108 Å². The van der Waals surface area contributed by atoms with E-state index in [1.54, 1.807) is 0 Å². The van der Waals surface area contributed by atoms with Crippen molar-refractivity contribution in [2.75, 3.05) is 19.6 Å². The van der Waals surface area contributed by atoms with Crippen molar-refractivity contribution in [3.63, 3.8) is 0 Å². The Hall–Kier alpha value is -0.0800. The maximum Gasteiger partial charge on any atom is 0.0246 e. The van der Waals surface area contributed by atoms with Crippen molar-refractivity contribution in [3.05, 3.63) is 0 Å². The van der Waals surface area contributed by atoms with Crippen LogP contribution in [0.1, 0.15) is 59.8 Å². The molecule has 1 atom stereocenters. The number of hydrogen-bond donors (Lipinski definition) is 1. The molecule has 0 saturated heterocycles. The van der Waals surface area contributed by atoms with Crippen molar-refractivity contribution in [1.82, 2.24) is 10.2 Å². The average Bonchev–Trinajstić information content (AvgIpc) is 3.11. The van der Waals surface area contributed by atoms with E-state index in [0.29, 0.717) is 0 Å². The van der Waals surface area contributed by atoms with Gasteiger partial charge >= 0.3 is 0 Å². The van der Waals surface area contributed by atoms with Gasteiger partial charge in [-0.15, -0.1) is 0 Å². The van der Waals surface area contributed by atoms with E-state index >= 15 is 0 Å². The van der Waals surface area contributed by atoms with Crippen LogP contribution < -0.4 is 5.32 Å². The fraction of sp³-hybridized carbons (Fsp3) is 1.00. The van der Waals surface area contributed by atoms with Crippen molar-refractivity contribution in [2.45, 2.75) is 71.9 Å². The van der Waals surface area contributed by atoms with Crippen molar-refractivity contribution in [2.24, 2.45) is 5.92 Å². The topological polar surface area (TPSA) is 15.3 Å². The molecule has 0 bridgehead atoms. The van der Waals surface area contributed by atoms with Gasteiger partial charge < -0.3 is 5.32 Å². The van der Waals surface area contributed by atoms with Gasteiger partial charge in [0.25, 0.3) is 0 Å². The molecule has 17 heavy (non-hydrogen) atoms. The quantitative estimate of drug-likeness (QED) is 0.590. The lowest BCUT2D eigenvalue weighted by molar-refractivity contribution is 0.140. The van der Waals surface area contributed by atoms with E-state index in [1.165, 1.54) is 45.2 Å². The van der Waals surface area contributed by atoms with Crippen LogP contribution in [0.2, 0.25) is 0 Å². The van der Waals surface area contributed by atoms with E-state index in [2.05, 4.69) is 37.9 Å². The molecule has 1 saturated carbocycles. The van der Waals surface area contributed by atoms with E-state index in [9.17, 15) is 0 Å². The van der Waals surface area contributed by atoms with E-state index in [1.807, 2.05) is 0 Å². The Morgan fingerprint density at radius 2 is 1.88 bits per heavy atom. The Balaban J connectivity index is 2.44. The lowest BCUT2D eigenvalue weighted by Gasteiger charge is -2.35.